The molecule has 0 spiro atoms. The van der Waals surface area contributed by atoms with Crippen molar-refractivity contribution in [2.24, 2.45) is 4.47 Å². The third-order valence-electron chi connectivity index (χ3n) is 0.341. The summed E-state index contributed by atoms with van der Waals surface area (Å²) >= 11 is 4.04. The molecule has 0 aliphatic carbocycles. The van der Waals surface area contributed by atoms with Crippen LogP contribution in [0.25, 0.3) is 0 Å². The lowest BCUT2D eigenvalue weighted by Gasteiger charge is -1.82. The maximum absolute atomic E-state index is 10.0. The highest BCUT2D eigenvalue weighted by Gasteiger charge is 1.83. The zero-order valence-electron chi connectivity index (χ0n) is 3.55. The third-order valence-corrected chi connectivity index (χ3v) is 0.433. The number of hydrogen-bond donors (Lipinski definition) is 1. The minimum atomic E-state index is -0.380. The van der Waals surface area contributed by atoms with Gasteiger partial charge < -0.3 is 0 Å². The lowest BCUT2D eigenvalue weighted by molar-refractivity contribution is -0.116. The Balaban J connectivity index is 3.36. The Morgan fingerprint density at radius 3 is 2.71 bits per heavy atom. The van der Waals surface area contributed by atoms with Crippen LogP contribution in [0.15, 0.2) is 17.1 Å². The minimum Gasteiger partial charge on any atom is -0.268 e. The summed E-state index contributed by atoms with van der Waals surface area (Å²) < 4.78 is 2.92. The zero-order valence-corrected chi connectivity index (χ0v) is 4.36. The molecular weight excluding hydrogens is 112 g/mol. The van der Waals surface area contributed by atoms with Crippen LogP contribution in [0.1, 0.15) is 0 Å². The zero-order chi connectivity index (χ0) is 5.70. The third kappa shape index (κ3) is 3.05. The molecule has 0 atom stereocenters. The summed E-state index contributed by atoms with van der Waals surface area (Å²) in [5.74, 6) is -0.380. The fourth-order valence-electron chi connectivity index (χ4n) is 0.0906. The molecule has 38 valence electrons. The van der Waals surface area contributed by atoms with E-state index in [1.165, 1.54) is 0 Å². The quantitative estimate of drug-likeness (QED) is 0.405. The standard InChI is InChI=1S/C3H4N2OS/c1-2-3(6)4-5-7/h2H,1H2,(H,4,6,7). The SMILES string of the molecule is C=CC(=O)NN=S. The second-order valence-corrected chi connectivity index (χ2v) is 0.954. The van der Waals surface area contributed by atoms with Gasteiger partial charge in [-0.25, -0.2) is 5.43 Å². The summed E-state index contributed by atoms with van der Waals surface area (Å²) in [6.07, 6.45) is 1.09. The Morgan fingerprint density at radius 1 is 2.00 bits per heavy atom. The first kappa shape index (κ1) is 6.23. The highest BCUT2D eigenvalue weighted by Crippen LogP contribution is 1.61. The maximum atomic E-state index is 10.0. The summed E-state index contributed by atoms with van der Waals surface area (Å²) in [5, 5.41) is 0. The van der Waals surface area contributed by atoms with E-state index in [-0.39, 0.29) is 5.91 Å². The average molecular weight is 116 g/mol. The molecule has 0 bridgehead atoms. The number of rotatable bonds is 2. The van der Waals surface area contributed by atoms with Crippen molar-refractivity contribution in [1.82, 2.24) is 5.43 Å². The van der Waals surface area contributed by atoms with Gasteiger partial charge in [-0.05, 0) is 6.08 Å². The van der Waals surface area contributed by atoms with Gasteiger partial charge in [0, 0.05) is 0 Å². The molecule has 3 nitrogen and oxygen atoms in total. The topological polar surface area (TPSA) is 41.5 Å². The molecule has 1 amide bonds. The van der Waals surface area contributed by atoms with Gasteiger partial charge in [0.25, 0.3) is 5.91 Å². The molecule has 0 saturated carbocycles. The van der Waals surface area contributed by atoms with Gasteiger partial charge in [0.15, 0.2) is 0 Å². The first-order valence-electron chi connectivity index (χ1n) is 1.56. The van der Waals surface area contributed by atoms with Crippen molar-refractivity contribution in [3.63, 3.8) is 0 Å². The molecular formula is C3H4N2OS. The van der Waals surface area contributed by atoms with Gasteiger partial charge in [-0.3, -0.25) is 4.79 Å². The number of carbonyl (C=O) groups is 1. The average Bonchev–Trinajstić information content (AvgIpc) is 1.68. The molecule has 0 aromatic rings. The lowest BCUT2D eigenvalue weighted by Crippen LogP contribution is -2.11. The molecule has 0 aromatic heterocycles. The van der Waals surface area contributed by atoms with Crippen molar-refractivity contribution in [1.29, 1.82) is 0 Å². The van der Waals surface area contributed by atoms with Crippen LogP contribution in [-0.4, -0.2) is 5.91 Å². The van der Waals surface area contributed by atoms with Crippen molar-refractivity contribution in [2.75, 3.05) is 0 Å². The van der Waals surface area contributed by atoms with Crippen LogP contribution in [-0.2, 0) is 17.2 Å². The van der Waals surface area contributed by atoms with Gasteiger partial charge in [-0.1, -0.05) is 6.58 Å². The van der Waals surface area contributed by atoms with Crippen LogP contribution >= 0.6 is 0 Å². The normalized spacial score (nSPS) is 6.86. The van der Waals surface area contributed by atoms with E-state index >= 15 is 0 Å². The highest BCUT2D eigenvalue weighted by molar-refractivity contribution is 7.47. The predicted molar refractivity (Wildman–Crippen MR) is 28.1 cm³/mol. The van der Waals surface area contributed by atoms with E-state index in [0.29, 0.717) is 0 Å². The maximum Gasteiger partial charge on any atom is 0.264 e. The van der Waals surface area contributed by atoms with E-state index in [1.54, 1.807) is 0 Å². The predicted octanol–water partition coefficient (Wildman–Crippen LogP) is -0.0659. The number of nitrogens with zero attached hydrogens (tertiary/aromatic N) is 1. The minimum absolute atomic E-state index is 0.380. The molecule has 0 fully saturated rings. The van der Waals surface area contributed by atoms with Gasteiger partial charge in [-0.2, -0.15) is 0 Å². The van der Waals surface area contributed by atoms with Crippen molar-refractivity contribution < 1.29 is 4.79 Å². The fourth-order valence-corrected chi connectivity index (χ4v) is 0.181. The summed E-state index contributed by atoms with van der Waals surface area (Å²) in [5.41, 5.74) is 1.98. The molecule has 0 rings (SSSR count). The molecule has 1 N–H and O–H groups in total. The van der Waals surface area contributed by atoms with Crippen LogP contribution in [0.4, 0.5) is 0 Å². The molecule has 7 heavy (non-hydrogen) atoms. The highest BCUT2D eigenvalue weighted by atomic mass is 32.1. The molecule has 0 radical (unpaired) electrons. The second-order valence-electron chi connectivity index (χ2n) is 0.771. The lowest BCUT2D eigenvalue weighted by atomic mass is 10.6. The van der Waals surface area contributed by atoms with Crippen molar-refractivity contribution in [3.8, 4) is 0 Å². The number of amides is 1. The molecule has 0 aliphatic rings. The van der Waals surface area contributed by atoms with E-state index in [9.17, 15) is 4.79 Å². The number of carbonyl (C=O) groups excluding carboxylic acids is 1. The van der Waals surface area contributed by atoms with Gasteiger partial charge in [0.1, 0.15) is 0 Å². The summed E-state index contributed by atoms with van der Waals surface area (Å²) in [4.78, 5) is 10.0. The second kappa shape index (κ2) is 3.42. The van der Waals surface area contributed by atoms with Crippen molar-refractivity contribution >= 4 is 18.3 Å². The largest absolute Gasteiger partial charge is 0.268 e. The Hall–Kier alpha value is -0.770. The monoisotopic (exact) mass is 116 g/mol. The van der Waals surface area contributed by atoms with Gasteiger partial charge in [-0.15, -0.1) is 4.47 Å². The van der Waals surface area contributed by atoms with E-state index in [1.807, 2.05) is 5.43 Å². The molecule has 0 heterocycles. The van der Waals surface area contributed by atoms with Gasteiger partial charge in [0.05, 0.1) is 12.4 Å². The van der Waals surface area contributed by atoms with Crippen LogP contribution in [0.2, 0.25) is 0 Å². The van der Waals surface area contributed by atoms with E-state index < -0.39 is 0 Å². The van der Waals surface area contributed by atoms with E-state index in [0.717, 1.165) is 6.08 Å². The van der Waals surface area contributed by atoms with Crippen LogP contribution < -0.4 is 5.43 Å². The van der Waals surface area contributed by atoms with E-state index in [4.69, 9.17) is 0 Å². The van der Waals surface area contributed by atoms with Crippen LogP contribution in [0, 0.1) is 0 Å². The Labute approximate surface area is 46.6 Å². The Bertz CT molecular complexity index is 101. The van der Waals surface area contributed by atoms with Crippen molar-refractivity contribution in [2.45, 2.75) is 0 Å². The van der Waals surface area contributed by atoms with Crippen LogP contribution in [0.3, 0.4) is 0 Å². The summed E-state index contributed by atoms with van der Waals surface area (Å²) in [6, 6.07) is 0. The molecule has 0 unspecified atom stereocenters. The molecule has 0 saturated heterocycles. The van der Waals surface area contributed by atoms with Gasteiger partial charge in [0.2, 0.25) is 0 Å². The van der Waals surface area contributed by atoms with Crippen LogP contribution in [0.5, 0.6) is 0 Å². The Morgan fingerprint density at radius 2 is 2.57 bits per heavy atom. The first-order chi connectivity index (χ1) is 3.31. The molecule has 0 aromatic carbocycles. The summed E-state index contributed by atoms with van der Waals surface area (Å²) in [6.45, 7) is 3.16. The Kier molecular flexibility index (Phi) is 3.04. The van der Waals surface area contributed by atoms with Crippen molar-refractivity contribution in [3.05, 3.63) is 12.7 Å². The van der Waals surface area contributed by atoms with Gasteiger partial charge >= 0.3 is 0 Å². The molecule has 0 aliphatic heterocycles. The summed E-state index contributed by atoms with van der Waals surface area (Å²) in [7, 11) is 0. The number of nitrogens with one attached hydrogen (secondary N) is 1. The smallest absolute Gasteiger partial charge is 0.264 e. The number of hydrogen-bond acceptors (Lipinski definition) is 3. The molecule has 4 heteroatoms. The van der Waals surface area contributed by atoms with E-state index in [2.05, 4.69) is 23.5 Å². The fraction of sp³-hybridized carbons (Fsp3) is 0. The first-order valence-corrected chi connectivity index (χ1v) is 1.92.